The Bertz CT molecular complexity index is 750. The van der Waals surface area contributed by atoms with Gasteiger partial charge in [0.1, 0.15) is 0 Å². The van der Waals surface area contributed by atoms with Gasteiger partial charge in [-0.2, -0.15) is 5.10 Å². The molecule has 1 aromatic heterocycles. The lowest BCUT2D eigenvalue weighted by molar-refractivity contribution is 0.415. The maximum Gasteiger partial charge on any atom is 0.170 e. The largest absolute Gasteiger partial charge is 0.360 e. The number of rotatable bonds is 4. The highest BCUT2D eigenvalue weighted by Gasteiger charge is 2.14. The molecule has 3 rings (SSSR count). The van der Waals surface area contributed by atoms with Gasteiger partial charge in [-0.3, -0.25) is 4.68 Å². The van der Waals surface area contributed by atoms with E-state index in [9.17, 15) is 0 Å². The van der Waals surface area contributed by atoms with Gasteiger partial charge in [0.25, 0.3) is 0 Å². The number of nitrogens with one attached hydrogen (secondary N) is 2. The summed E-state index contributed by atoms with van der Waals surface area (Å²) in [7, 11) is 0. The number of aryl methyl sites for hydroxylation is 1. The van der Waals surface area contributed by atoms with Crippen LogP contribution in [0.5, 0.6) is 0 Å². The van der Waals surface area contributed by atoms with Crippen LogP contribution < -0.4 is 10.6 Å². The van der Waals surface area contributed by atoms with Crippen LogP contribution in [0.4, 0.5) is 5.69 Å². The van der Waals surface area contributed by atoms with E-state index in [4.69, 9.17) is 12.2 Å². The summed E-state index contributed by atoms with van der Waals surface area (Å²) in [6.07, 6.45) is 6.38. The molecule has 2 aromatic rings. The van der Waals surface area contributed by atoms with E-state index in [1.54, 1.807) is 0 Å². The molecule has 1 aliphatic rings. The Labute approximate surface area is 163 Å². The second-order valence-corrected chi connectivity index (χ2v) is 7.98. The van der Waals surface area contributed by atoms with Crippen molar-refractivity contribution in [2.24, 2.45) is 0 Å². The second kappa shape index (κ2) is 8.32. The fraction of sp³-hybridized carbons (Fsp3) is 0.474. The molecule has 0 aliphatic heterocycles. The second-order valence-electron chi connectivity index (χ2n) is 6.78. The summed E-state index contributed by atoms with van der Waals surface area (Å²) < 4.78 is 3.11. The lowest BCUT2D eigenvalue weighted by Crippen LogP contribution is -2.38. The van der Waals surface area contributed by atoms with Crippen LogP contribution in [-0.4, -0.2) is 20.9 Å². The first-order chi connectivity index (χ1) is 12.0. The van der Waals surface area contributed by atoms with E-state index >= 15 is 0 Å². The average Bonchev–Trinajstić information content (AvgIpc) is 2.83. The third-order valence-corrected chi connectivity index (χ3v) is 6.12. The van der Waals surface area contributed by atoms with Gasteiger partial charge in [0.2, 0.25) is 0 Å². The SMILES string of the molecule is Cc1nn(Cc2cccc(NC(=S)NC3CCCCC3)c2)c(C)c1Br. The Kier molecular flexibility index (Phi) is 6.12. The maximum atomic E-state index is 5.49. The molecule has 1 aromatic carbocycles. The van der Waals surface area contributed by atoms with Crippen molar-refractivity contribution in [3.05, 3.63) is 45.7 Å². The van der Waals surface area contributed by atoms with E-state index in [1.807, 2.05) is 11.6 Å². The molecule has 1 aliphatic carbocycles. The van der Waals surface area contributed by atoms with Gasteiger partial charge in [0.15, 0.2) is 5.11 Å². The van der Waals surface area contributed by atoms with Crippen LogP contribution in [-0.2, 0) is 6.54 Å². The Morgan fingerprint density at radius 3 is 2.72 bits per heavy atom. The monoisotopic (exact) mass is 420 g/mol. The molecular formula is C19H25BrN4S. The standard InChI is InChI=1S/C19H25BrN4S/c1-13-18(20)14(2)24(23-13)12-15-7-6-10-17(11-15)22-19(25)21-16-8-4-3-5-9-16/h6-7,10-11,16H,3-5,8-9,12H2,1-2H3,(H2,21,22,25). The van der Waals surface area contributed by atoms with E-state index in [0.29, 0.717) is 6.04 Å². The molecule has 0 saturated heterocycles. The van der Waals surface area contributed by atoms with Crippen LogP contribution in [0.15, 0.2) is 28.7 Å². The first-order valence-corrected chi connectivity index (χ1v) is 10.1. The quantitative estimate of drug-likeness (QED) is 0.687. The summed E-state index contributed by atoms with van der Waals surface area (Å²) in [5.41, 5.74) is 4.38. The van der Waals surface area contributed by atoms with Crippen LogP contribution >= 0.6 is 28.1 Å². The van der Waals surface area contributed by atoms with Gasteiger partial charge < -0.3 is 10.6 Å². The minimum absolute atomic E-state index is 0.518. The Morgan fingerprint density at radius 2 is 2.04 bits per heavy atom. The first kappa shape index (κ1) is 18.4. The van der Waals surface area contributed by atoms with Crippen molar-refractivity contribution in [2.45, 2.75) is 58.5 Å². The number of nitrogens with zero attached hydrogens (tertiary/aromatic N) is 2. The van der Waals surface area contributed by atoms with E-state index < -0.39 is 0 Å². The summed E-state index contributed by atoms with van der Waals surface area (Å²) in [5, 5.41) is 12.1. The van der Waals surface area contributed by atoms with Gasteiger partial charge in [-0.05, 0) is 72.5 Å². The average molecular weight is 421 g/mol. The molecule has 0 unspecified atom stereocenters. The molecule has 0 atom stereocenters. The van der Waals surface area contributed by atoms with Gasteiger partial charge >= 0.3 is 0 Å². The number of hydrogen-bond donors (Lipinski definition) is 2. The predicted molar refractivity (Wildman–Crippen MR) is 111 cm³/mol. The third-order valence-electron chi connectivity index (χ3n) is 4.75. The molecule has 0 bridgehead atoms. The summed E-state index contributed by atoms with van der Waals surface area (Å²) in [4.78, 5) is 0. The molecule has 0 spiro atoms. The number of anilines is 1. The summed E-state index contributed by atoms with van der Waals surface area (Å²) in [6.45, 7) is 4.84. The molecular weight excluding hydrogens is 396 g/mol. The van der Waals surface area contributed by atoms with Crippen molar-refractivity contribution >= 4 is 38.9 Å². The van der Waals surface area contributed by atoms with E-state index in [2.05, 4.69) is 62.9 Å². The number of thiocarbonyl (C=S) groups is 1. The molecule has 25 heavy (non-hydrogen) atoms. The number of hydrogen-bond acceptors (Lipinski definition) is 2. The summed E-state index contributed by atoms with van der Waals surface area (Å²) >= 11 is 9.07. The highest BCUT2D eigenvalue weighted by Crippen LogP contribution is 2.21. The normalized spacial score (nSPS) is 15.2. The van der Waals surface area contributed by atoms with Gasteiger partial charge in [0, 0.05) is 11.7 Å². The summed E-state index contributed by atoms with van der Waals surface area (Å²) in [5.74, 6) is 0. The zero-order chi connectivity index (χ0) is 17.8. The van der Waals surface area contributed by atoms with Crippen molar-refractivity contribution in [1.82, 2.24) is 15.1 Å². The Balaban J connectivity index is 1.62. The van der Waals surface area contributed by atoms with Crippen LogP contribution in [0, 0.1) is 13.8 Å². The van der Waals surface area contributed by atoms with Crippen LogP contribution in [0.2, 0.25) is 0 Å². The van der Waals surface area contributed by atoms with Crippen LogP contribution in [0.3, 0.4) is 0 Å². The lowest BCUT2D eigenvalue weighted by Gasteiger charge is -2.24. The van der Waals surface area contributed by atoms with Gasteiger partial charge in [-0.15, -0.1) is 0 Å². The fourth-order valence-electron chi connectivity index (χ4n) is 3.35. The fourth-order valence-corrected chi connectivity index (χ4v) is 3.92. The minimum Gasteiger partial charge on any atom is -0.360 e. The van der Waals surface area contributed by atoms with E-state index in [1.165, 1.54) is 37.7 Å². The minimum atomic E-state index is 0.518. The third kappa shape index (κ3) is 4.82. The van der Waals surface area contributed by atoms with Crippen molar-refractivity contribution in [1.29, 1.82) is 0 Å². The Hall–Kier alpha value is -1.40. The number of halogens is 1. The molecule has 6 heteroatoms. The molecule has 4 nitrogen and oxygen atoms in total. The molecule has 1 fully saturated rings. The van der Waals surface area contributed by atoms with Gasteiger partial charge in [-0.25, -0.2) is 0 Å². The number of aromatic nitrogens is 2. The summed E-state index contributed by atoms with van der Waals surface area (Å²) in [6, 6.07) is 8.88. The van der Waals surface area contributed by atoms with Crippen LogP contribution in [0.1, 0.15) is 49.1 Å². The topological polar surface area (TPSA) is 41.9 Å². The molecule has 0 amide bonds. The molecule has 1 heterocycles. The highest BCUT2D eigenvalue weighted by molar-refractivity contribution is 9.10. The molecule has 134 valence electrons. The van der Waals surface area contributed by atoms with Gasteiger partial charge in [0.05, 0.1) is 22.4 Å². The predicted octanol–water partition coefficient (Wildman–Crippen LogP) is 4.93. The lowest BCUT2D eigenvalue weighted by atomic mass is 9.96. The van der Waals surface area contributed by atoms with Crippen molar-refractivity contribution in [2.75, 3.05) is 5.32 Å². The molecule has 2 N–H and O–H groups in total. The zero-order valence-electron chi connectivity index (χ0n) is 14.8. The van der Waals surface area contributed by atoms with E-state index in [0.717, 1.165) is 33.2 Å². The molecule has 0 radical (unpaired) electrons. The maximum absolute atomic E-state index is 5.49. The molecule has 1 saturated carbocycles. The van der Waals surface area contributed by atoms with E-state index in [-0.39, 0.29) is 0 Å². The zero-order valence-corrected chi connectivity index (χ0v) is 17.2. The van der Waals surface area contributed by atoms with Gasteiger partial charge in [-0.1, -0.05) is 31.4 Å². The number of benzene rings is 1. The van der Waals surface area contributed by atoms with Crippen molar-refractivity contribution in [3.8, 4) is 0 Å². The van der Waals surface area contributed by atoms with Crippen LogP contribution in [0.25, 0.3) is 0 Å². The highest BCUT2D eigenvalue weighted by atomic mass is 79.9. The Morgan fingerprint density at radius 1 is 1.28 bits per heavy atom. The first-order valence-electron chi connectivity index (χ1n) is 8.89. The van der Waals surface area contributed by atoms with Crippen molar-refractivity contribution < 1.29 is 0 Å². The smallest absolute Gasteiger partial charge is 0.170 e. The van der Waals surface area contributed by atoms with Crippen molar-refractivity contribution in [3.63, 3.8) is 0 Å².